The van der Waals surface area contributed by atoms with Crippen LogP contribution in [0, 0.1) is 0 Å². The van der Waals surface area contributed by atoms with Gasteiger partial charge in [0.15, 0.2) is 0 Å². The SMILES string of the molecule is CN1CCc2c(sc3cc(C(F)(F)F)ccc23)C1. The van der Waals surface area contributed by atoms with E-state index in [1.54, 1.807) is 6.07 Å². The molecule has 1 nitrogen and oxygen atoms in total. The zero-order valence-corrected chi connectivity index (χ0v) is 10.7. The summed E-state index contributed by atoms with van der Waals surface area (Å²) in [4.78, 5) is 3.40. The molecule has 96 valence electrons. The van der Waals surface area contributed by atoms with Gasteiger partial charge in [-0.1, -0.05) is 6.07 Å². The molecular weight excluding hydrogens is 259 g/mol. The van der Waals surface area contributed by atoms with Gasteiger partial charge in [0.25, 0.3) is 0 Å². The van der Waals surface area contributed by atoms with Crippen molar-refractivity contribution in [3.05, 3.63) is 34.2 Å². The maximum atomic E-state index is 12.7. The lowest BCUT2D eigenvalue weighted by Crippen LogP contribution is -2.25. The van der Waals surface area contributed by atoms with Crippen LogP contribution >= 0.6 is 11.3 Å². The van der Waals surface area contributed by atoms with Crippen molar-refractivity contribution in [2.45, 2.75) is 19.1 Å². The van der Waals surface area contributed by atoms with Crippen LogP contribution in [-0.2, 0) is 19.1 Å². The summed E-state index contributed by atoms with van der Waals surface area (Å²) in [6.45, 7) is 1.82. The molecule has 18 heavy (non-hydrogen) atoms. The first-order chi connectivity index (χ1) is 8.45. The van der Waals surface area contributed by atoms with Crippen molar-refractivity contribution >= 4 is 21.4 Å². The summed E-state index contributed by atoms with van der Waals surface area (Å²) in [6.07, 6.45) is -3.33. The second kappa shape index (κ2) is 3.96. The molecule has 0 unspecified atom stereocenters. The third-order valence-electron chi connectivity index (χ3n) is 3.36. The van der Waals surface area contributed by atoms with E-state index in [4.69, 9.17) is 0 Å². The Morgan fingerprint density at radius 3 is 2.78 bits per heavy atom. The van der Waals surface area contributed by atoms with Gasteiger partial charge in [-0.25, -0.2) is 0 Å². The predicted octanol–water partition coefficient (Wildman–Crippen LogP) is 3.91. The van der Waals surface area contributed by atoms with Crippen molar-refractivity contribution in [1.82, 2.24) is 4.90 Å². The first-order valence-electron chi connectivity index (χ1n) is 5.75. The standard InChI is InChI=1S/C13H12F3NS/c1-17-5-4-10-9-3-2-8(13(14,15)16)6-11(9)18-12(10)7-17/h2-3,6H,4-5,7H2,1H3. The van der Waals surface area contributed by atoms with Crippen LogP contribution in [0.2, 0.25) is 0 Å². The second-order valence-corrected chi connectivity index (χ2v) is 5.84. The largest absolute Gasteiger partial charge is 0.416 e. The van der Waals surface area contributed by atoms with E-state index in [1.165, 1.54) is 33.9 Å². The molecule has 0 atom stereocenters. The molecule has 0 bridgehead atoms. The second-order valence-electron chi connectivity index (χ2n) is 4.70. The first kappa shape index (κ1) is 12.0. The maximum Gasteiger partial charge on any atom is 0.416 e. The summed E-state index contributed by atoms with van der Waals surface area (Å²) in [5.74, 6) is 0. The van der Waals surface area contributed by atoms with Gasteiger partial charge in [0, 0.05) is 22.7 Å². The lowest BCUT2D eigenvalue weighted by molar-refractivity contribution is -0.137. The van der Waals surface area contributed by atoms with Crippen molar-refractivity contribution in [2.75, 3.05) is 13.6 Å². The highest BCUT2D eigenvalue weighted by atomic mass is 32.1. The van der Waals surface area contributed by atoms with E-state index in [9.17, 15) is 13.2 Å². The molecule has 0 N–H and O–H groups in total. The molecule has 0 saturated carbocycles. The molecule has 0 fully saturated rings. The number of rotatable bonds is 0. The topological polar surface area (TPSA) is 3.24 Å². The van der Waals surface area contributed by atoms with Crippen LogP contribution in [0.25, 0.3) is 10.1 Å². The van der Waals surface area contributed by atoms with Gasteiger partial charge in [0.2, 0.25) is 0 Å². The molecular formula is C13H12F3NS. The number of hydrogen-bond donors (Lipinski definition) is 0. The van der Waals surface area contributed by atoms with E-state index in [2.05, 4.69) is 4.90 Å². The average Bonchev–Trinajstić information content (AvgIpc) is 2.63. The highest BCUT2D eigenvalue weighted by molar-refractivity contribution is 7.19. The Hall–Kier alpha value is -1.07. The van der Waals surface area contributed by atoms with Gasteiger partial charge in [-0.15, -0.1) is 11.3 Å². The number of alkyl halides is 3. The van der Waals surface area contributed by atoms with Crippen molar-refractivity contribution in [1.29, 1.82) is 0 Å². The van der Waals surface area contributed by atoms with Gasteiger partial charge < -0.3 is 4.90 Å². The van der Waals surface area contributed by atoms with Crippen LogP contribution in [0.1, 0.15) is 16.0 Å². The minimum absolute atomic E-state index is 0.554. The maximum absolute atomic E-state index is 12.7. The zero-order valence-electron chi connectivity index (χ0n) is 9.84. The van der Waals surface area contributed by atoms with E-state index < -0.39 is 11.7 Å². The third-order valence-corrected chi connectivity index (χ3v) is 4.54. The Kier molecular flexibility index (Phi) is 2.64. The van der Waals surface area contributed by atoms with Gasteiger partial charge in [-0.05, 0) is 36.6 Å². The molecule has 0 radical (unpaired) electrons. The molecule has 3 rings (SSSR count). The van der Waals surface area contributed by atoms with E-state index in [-0.39, 0.29) is 0 Å². The molecule has 2 heterocycles. The van der Waals surface area contributed by atoms with Crippen LogP contribution in [0.4, 0.5) is 13.2 Å². The number of benzene rings is 1. The van der Waals surface area contributed by atoms with Crippen molar-refractivity contribution in [3.63, 3.8) is 0 Å². The van der Waals surface area contributed by atoms with E-state index in [0.29, 0.717) is 0 Å². The lowest BCUT2D eigenvalue weighted by atomic mass is 10.0. The lowest BCUT2D eigenvalue weighted by Gasteiger charge is -2.22. The Morgan fingerprint density at radius 2 is 2.06 bits per heavy atom. The van der Waals surface area contributed by atoms with Crippen LogP contribution in [-0.4, -0.2) is 18.5 Å². The van der Waals surface area contributed by atoms with Crippen molar-refractivity contribution in [2.24, 2.45) is 0 Å². The van der Waals surface area contributed by atoms with Crippen LogP contribution in [0.5, 0.6) is 0 Å². The Morgan fingerprint density at radius 1 is 1.28 bits per heavy atom. The van der Waals surface area contributed by atoms with E-state index in [0.717, 1.165) is 29.6 Å². The summed E-state index contributed by atoms with van der Waals surface area (Å²) in [5.41, 5.74) is 0.684. The average molecular weight is 271 g/mol. The molecule has 1 aromatic carbocycles. The smallest absolute Gasteiger partial charge is 0.301 e. The summed E-state index contributed by atoms with van der Waals surface area (Å²) >= 11 is 1.49. The highest BCUT2D eigenvalue weighted by Gasteiger charge is 2.31. The summed E-state index contributed by atoms with van der Waals surface area (Å²) in [7, 11) is 2.04. The summed E-state index contributed by atoms with van der Waals surface area (Å²) in [5, 5.41) is 0.996. The molecule has 0 saturated heterocycles. The first-order valence-corrected chi connectivity index (χ1v) is 6.57. The Bertz CT molecular complexity index is 600. The number of thiophene rings is 1. The molecule has 1 aliphatic heterocycles. The van der Waals surface area contributed by atoms with Crippen LogP contribution in [0.3, 0.4) is 0 Å². The molecule has 2 aromatic rings. The molecule has 0 amide bonds. The Labute approximate surface area is 107 Å². The third kappa shape index (κ3) is 1.91. The molecule has 0 aliphatic carbocycles. The number of nitrogens with zero attached hydrogens (tertiary/aromatic N) is 1. The van der Waals surface area contributed by atoms with Gasteiger partial charge >= 0.3 is 6.18 Å². The monoisotopic (exact) mass is 271 g/mol. The number of hydrogen-bond acceptors (Lipinski definition) is 2. The predicted molar refractivity (Wildman–Crippen MR) is 66.9 cm³/mol. The fourth-order valence-corrected chi connectivity index (χ4v) is 3.78. The number of fused-ring (bicyclic) bond motifs is 3. The van der Waals surface area contributed by atoms with Crippen LogP contribution < -0.4 is 0 Å². The van der Waals surface area contributed by atoms with Gasteiger partial charge in [0.05, 0.1) is 5.56 Å². The normalized spacial score (nSPS) is 17.1. The van der Waals surface area contributed by atoms with Crippen molar-refractivity contribution < 1.29 is 13.2 Å². The van der Waals surface area contributed by atoms with E-state index >= 15 is 0 Å². The molecule has 5 heteroatoms. The molecule has 1 aliphatic rings. The summed E-state index contributed by atoms with van der Waals surface area (Å²) < 4.78 is 38.7. The summed E-state index contributed by atoms with van der Waals surface area (Å²) in [6, 6.07) is 4.09. The minimum atomic E-state index is -4.25. The van der Waals surface area contributed by atoms with Crippen LogP contribution in [0.15, 0.2) is 18.2 Å². The number of likely N-dealkylation sites (N-methyl/N-ethyl adjacent to an activating group) is 1. The molecule has 0 spiro atoms. The van der Waals surface area contributed by atoms with E-state index in [1.807, 2.05) is 7.05 Å². The van der Waals surface area contributed by atoms with Gasteiger partial charge in [-0.3, -0.25) is 0 Å². The fraction of sp³-hybridized carbons (Fsp3) is 0.385. The van der Waals surface area contributed by atoms with Gasteiger partial charge in [-0.2, -0.15) is 13.2 Å². The molecule has 1 aromatic heterocycles. The Balaban J connectivity index is 2.14. The fourth-order valence-electron chi connectivity index (χ4n) is 2.41. The quantitative estimate of drug-likeness (QED) is 0.702. The van der Waals surface area contributed by atoms with Crippen molar-refractivity contribution in [3.8, 4) is 0 Å². The zero-order chi connectivity index (χ0) is 12.9. The minimum Gasteiger partial charge on any atom is -0.301 e. The number of halogens is 3. The highest BCUT2D eigenvalue weighted by Crippen LogP contribution is 2.38. The van der Waals surface area contributed by atoms with Gasteiger partial charge in [0.1, 0.15) is 0 Å².